The number of benzene rings is 3. The van der Waals surface area contributed by atoms with Gasteiger partial charge < -0.3 is 4.57 Å². The van der Waals surface area contributed by atoms with Crippen LogP contribution in [0.15, 0.2) is 100 Å². The summed E-state index contributed by atoms with van der Waals surface area (Å²) in [6, 6.07) is 27.9. The zero-order valence-corrected chi connectivity index (χ0v) is 17.4. The van der Waals surface area contributed by atoms with Crippen molar-refractivity contribution in [2.24, 2.45) is 7.05 Å². The summed E-state index contributed by atoms with van der Waals surface area (Å²) >= 11 is 3.50. The van der Waals surface area contributed by atoms with Gasteiger partial charge in [0.2, 0.25) is 0 Å². The van der Waals surface area contributed by atoms with Gasteiger partial charge in [0, 0.05) is 23.4 Å². The number of hydrogen-bond acceptors (Lipinski definition) is 1. The summed E-state index contributed by atoms with van der Waals surface area (Å²) in [7, 11) is 1.93. The van der Waals surface area contributed by atoms with Gasteiger partial charge in [-0.1, -0.05) is 64.5 Å². The molecule has 0 unspecified atom stereocenters. The number of para-hydroxylation sites is 1. The molecule has 0 spiro atoms. The van der Waals surface area contributed by atoms with Crippen molar-refractivity contribution < 1.29 is 0 Å². The van der Waals surface area contributed by atoms with Crippen LogP contribution in [0.25, 0.3) is 33.5 Å². The standard InChI is InChI=1S/C24H18BrN3O/c1-26-21-16-27(19-14-12-18(25)13-15-19)23(17-8-4-2-5-9-17)22(21)24(29)28(26)20-10-6-3-7-11-20/h2-16H,1H3. The van der Waals surface area contributed by atoms with Gasteiger partial charge in [0.25, 0.3) is 5.56 Å². The number of hydrogen-bond donors (Lipinski definition) is 0. The maximum atomic E-state index is 13.6. The fourth-order valence-corrected chi connectivity index (χ4v) is 4.11. The largest absolute Gasteiger partial charge is 0.314 e. The highest BCUT2D eigenvalue weighted by Crippen LogP contribution is 2.32. The highest BCUT2D eigenvalue weighted by atomic mass is 79.9. The molecule has 0 radical (unpaired) electrons. The summed E-state index contributed by atoms with van der Waals surface area (Å²) in [5, 5.41) is 0.713. The minimum atomic E-state index is -0.0246. The molecule has 0 bridgehead atoms. The molecule has 0 atom stereocenters. The van der Waals surface area contributed by atoms with Crippen molar-refractivity contribution in [3.05, 3.63) is 106 Å². The molecule has 29 heavy (non-hydrogen) atoms. The Morgan fingerprint density at radius 1 is 0.759 bits per heavy atom. The third-order valence-electron chi connectivity index (χ3n) is 5.19. The van der Waals surface area contributed by atoms with E-state index in [0.29, 0.717) is 5.39 Å². The first kappa shape index (κ1) is 17.8. The molecule has 0 saturated carbocycles. The van der Waals surface area contributed by atoms with E-state index in [2.05, 4.69) is 20.5 Å². The van der Waals surface area contributed by atoms with Gasteiger partial charge in [-0.2, -0.15) is 0 Å². The van der Waals surface area contributed by atoms with Gasteiger partial charge >= 0.3 is 0 Å². The van der Waals surface area contributed by atoms with Gasteiger partial charge in [0.05, 0.1) is 22.3 Å². The highest BCUT2D eigenvalue weighted by Gasteiger charge is 2.22. The lowest BCUT2D eigenvalue weighted by Crippen LogP contribution is -2.20. The van der Waals surface area contributed by atoms with Gasteiger partial charge in [0.1, 0.15) is 0 Å². The van der Waals surface area contributed by atoms with Crippen molar-refractivity contribution in [1.29, 1.82) is 0 Å². The molecule has 2 heterocycles. The molecule has 0 N–H and O–H groups in total. The second kappa shape index (κ2) is 6.94. The van der Waals surface area contributed by atoms with E-state index in [0.717, 1.165) is 32.6 Å². The third kappa shape index (κ3) is 2.86. The van der Waals surface area contributed by atoms with Crippen LogP contribution in [0.4, 0.5) is 0 Å². The Morgan fingerprint density at radius 3 is 2.03 bits per heavy atom. The molecule has 0 aliphatic carbocycles. The zero-order valence-electron chi connectivity index (χ0n) is 15.8. The van der Waals surface area contributed by atoms with Crippen molar-refractivity contribution in [3.8, 4) is 22.6 Å². The molecule has 0 aliphatic heterocycles. The smallest absolute Gasteiger partial charge is 0.281 e. The first-order valence-electron chi connectivity index (χ1n) is 9.35. The minimum absolute atomic E-state index is 0.0246. The Balaban J connectivity index is 1.87. The summed E-state index contributed by atoms with van der Waals surface area (Å²) < 4.78 is 6.77. The molecule has 0 fully saturated rings. The molecule has 5 heteroatoms. The van der Waals surface area contributed by atoms with Crippen LogP contribution in [0, 0.1) is 0 Å². The van der Waals surface area contributed by atoms with E-state index in [1.54, 1.807) is 4.68 Å². The zero-order chi connectivity index (χ0) is 20.0. The van der Waals surface area contributed by atoms with Crippen LogP contribution in [0.1, 0.15) is 0 Å². The monoisotopic (exact) mass is 443 g/mol. The van der Waals surface area contributed by atoms with E-state index in [1.165, 1.54) is 0 Å². The third-order valence-corrected chi connectivity index (χ3v) is 5.72. The number of fused-ring (bicyclic) bond motifs is 1. The van der Waals surface area contributed by atoms with Gasteiger partial charge in [0.15, 0.2) is 0 Å². The molecule has 4 nitrogen and oxygen atoms in total. The van der Waals surface area contributed by atoms with Crippen molar-refractivity contribution in [3.63, 3.8) is 0 Å². The van der Waals surface area contributed by atoms with Crippen molar-refractivity contribution in [1.82, 2.24) is 13.9 Å². The second-order valence-electron chi connectivity index (χ2n) is 6.93. The van der Waals surface area contributed by atoms with Crippen LogP contribution in [0.3, 0.4) is 0 Å². The van der Waals surface area contributed by atoms with E-state index < -0.39 is 0 Å². The van der Waals surface area contributed by atoms with Gasteiger partial charge in [-0.25, -0.2) is 4.68 Å². The maximum Gasteiger partial charge on any atom is 0.281 e. The van der Waals surface area contributed by atoms with Crippen LogP contribution < -0.4 is 5.56 Å². The highest BCUT2D eigenvalue weighted by molar-refractivity contribution is 9.10. The molecule has 0 aliphatic rings. The molecule has 0 amide bonds. The molecule has 0 saturated heterocycles. The predicted molar refractivity (Wildman–Crippen MR) is 121 cm³/mol. The number of nitrogens with zero attached hydrogens (tertiary/aromatic N) is 3. The van der Waals surface area contributed by atoms with Gasteiger partial charge in [-0.05, 0) is 42.0 Å². The molecule has 2 aromatic heterocycles. The van der Waals surface area contributed by atoms with Gasteiger partial charge in [-0.15, -0.1) is 0 Å². The average molecular weight is 444 g/mol. The van der Waals surface area contributed by atoms with Crippen LogP contribution in [-0.2, 0) is 7.05 Å². The van der Waals surface area contributed by atoms with Crippen LogP contribution >= 0.6 is 15.9 Å². The lowest BCUT2D eigenvalue weighted by atomic mass is 10.1. The SMILES string of the molecule is Cn1c2cn(-c3ccc(Br)cc3)c(-c3ccccc3)c2c(=O)n1-c1ccccc1. The molecule has 5 rings (SSSR count). The summed E-state index contributed by atoms with van der Waals surface area (Å²) in [6.45, 7) is 0. The van der Waals surface area contributed by atoms with E-state index in [9.17, 15) is 4.79 Å². The summed E-state index contributed by atoms with van der Waals surface area (Å²) in [6.07, 6.45) is 2.04. The first-order valence-corrected chi connectivity index (χ1v) is 10.1. The van der Waals surface area contributed by atoms with Crippen LogP contribution in [0.2, 0.25) is 0 Å². The van der Waals surface area contributed by atoms with Crippen molar-refractivity contribution >= 4 is 26.8 Å². The van der Waals surface area contributed by atoms with E-state index in [-0.39, 0.29) is 5.56 Å². The average Bonchev–Trinajstić information content (AvgIpc) is 3.26. The summed E-state index contributed by atoms with van der Waals surface area (Å²) in [5.74, 6) is 0. The topological polar surface area (TPSA) is 31.9 Å². The minimum Gasteiger partial charge on any atom is -0.314 e. The number of halogens is 1. The lowest BCUT2D eigenvalue weighted by Gasteiger charge is -2.11. The van der Waals surface area contributed by atoms with Crippen LogP contribution in [0.5, 0.6) is 0 Å². The maximum absolute atomic E-state index is 13.6. The second-order valence-corrected chi connectivity index (χ2v) is 7.84. The van der Waals surface area contributed by atoms with E-state index >= 15 is 0 Å². The first-order chi connectivity index (χ1) is 14.1. The van der Waals surface area contributed by atoms with Gasteiger partial charge in [-0.3, -0.25) is 9.48 Å². The van der Waals surface area contributed by atoms with E-state index in [1.807, 2.05) is 103 Å². The Kier molecular flexibility index (Phi) is 4.25. The number of rotatable bonds is 3. The lowest BCUT2D eigenvalue weighted by molar-refractivity contribution is 0.664. The number of aryl methyl sites for hydroxylation is 1. The Hall–Kier alpha value is -3.31. The van der Waals surface area contributed by atoms with Crippen molar-refractivity contribution in [2.75, 3.05) is 0 Å². The Bertz CT molecular complexity index is 1360. The fraction of sp³-hybridized carbons (Fsp3) is 0.0417. The summed E-state index contributed by atoms with van der Waals surface area (Å²) in [5.41, 5.74) is 4.63. The van der Waals surface area contributed by atoms with Crippen molar-refractivity contribution in [2.45, 2.75) is 0 Å². The molecular formula is C24H18BrN3O. The summed E-state index contributed by atoms with van der Waals surface area (Å²) in [4.78, 5) is 13.6. The predicted octanol–water partition coefficient (Wildman–Crippen LogP) is 5.55. The molecule has 3 aromatic carbocycles. The number of aromatic nitrogens is 3. The Morgan fingerprint density at radius 2 is 1.38 bits per heavy atom. The fourth-order valence-electron chi connectivity index (χ4n) is 3.84. The molecule has 5 aromatic rings. The Labute approximate surface area is 176 Å². The van der Waals surface area contributed by atoms with E-state index in [4.69, 9.17) is 0 Å². The normalized spacial score (nSPS) is 11.2. The van der Waals surface area contributed by atoms with Crippen LogP contribution in [-0.4, -0.2) is 13.9 Å². The molecule has 142 valence electrons. The molecular weight excluding hydrogens is 426 g/mol. The quantitative estimate of drug-likeness (QED) is 0.359.